The molecule has 1 aromatic rings. The zero-order valence-corrected chi connectivity index (χ0v) is 13.7. The first kappa shape index (κ1) is 14.0. The molecule has 0 saturated carbocycles. The minimum atomic E-state index is -3.35. The van der Waals surface area contributed by atoms with Crippen LogP contribution >= 0.6 is 27.3 Å². The maximum Gasteiger partial charge on any atom is 0.254 e. The third-order valence-electron chi connectivity index (χ3n) is 3.94. The van der Waals surface area contributed by atoms with Crippen LogP contribution in [0.25, 0.3) is 0 Å². The highest BCUT2D eigenvalue weighted by Gasteiger charge is 2.41. The van der Waals surface area contributed by atoms with E-state index in [4.69, 9.17) is 0 Å². The quantitative estimate of drug-likeness (QED) is 0.895. The van der Waals surface area contributed by atoms with Gasteiger partial charge in [0.05, 0.1) is 0 Å². The molecule has 3 heterocycles. The number of nitrogens with one attached hydrogen (secondary N) is 1. The van der Waals surface area contributed by atoms with Crippen LogP contribution in [-0.2, 0) is 10.0 Å². The molecule has 2 aliphatic rings. The lowest BCUT2D eigenvalue weighted by atomic mass is 10.1. The van der Waals surface area contributed by atoms with Crippen LogP contribution in [0.3, 0.4) is 0 Å². The van der Waals surface area contributed by atoms with Crippen LogP contribution in [0.1, 0.15) is 25.7 Å². The molecule has 0 aliphatic carbocycles. The fourth-order valence-electron chi connectivity index (χ4n) is 3.08. The molecule has 2 unspecified atom stereocenters. The molecule has 7 heteroatoms. The predicted molar refractivity (Wildman–Crippen MR) is 80.0 cm³/mol. The van der Waals surface area contributed by atoms with Crippen LogP contribution in [0.15, 0.2) is 20.1 Å². The first-order valence-corrected chi connectivity index (χ1v) is 9.70. The third kappa shape index (κ3) is 2.51. The Morgan fingerprint density at radius 2 is 2.21 bits per heavy atom. The molecule has 0 amide bonds. The fraction of sp³-hybridized carbons (Fsp3) is 0.667. The fourth-order valence-corrected chi connectivity index (χ4v) is 7.23. The van der Waals surface area contributed by atoms with Crippen molar-refractivity contribution in [3.05, 3.63) is 15.9 Å². The van der Waals surface area contributed by atoms with E-state index in [-0.39, 0.29) is 6.04 Å². The number of hydrogen-bond donors (Lipinski definition) is 1. The van der Waals surface area contributed by atoms with E-state index in [0.717, 1.165) is 32.2 Å². The summed E-state index contributed by atoms with van der Waals surface area (Å²) in [5.74, 6) is 0. The number of thiophene rings is 1. The standard InChI is InChI=1S/C12H17BrN2O2S2/c13-9-5-8-18-12(9)19(16,17)15-7-2-4-11(15)10-3-1-6-14-10/h5,8,10-11,14H,1-4,6-7H2. The maximum absolute atomic E-state index is 12.8. The van der Waals surface area contributed by atoms with Crippen LogP contribution in [0, 0.1) is 0 Å². The molecule has 4 nitrogen and oxygen atoms in total. The van der Waals surface area contributed by atoms with Crippen molar-refractivity contribution in [1.82, 2.24) is 9.62 Å². The van der Waals surface area contributed by atoms with E-state index in [2.05, 4.69) is 21.2 Å². The van der Waals surface area contributed by atoms with Crippen molar-refractivity contribution in [3.8, 4) is 0 Å². The molecule has 2 aliphatic heterocycles. The molecule has 0 spiro atoms. The van der Waals surface area contributed by atoms with Crippen LogP contribution in [0.2, 0.25) is 0 Å². The van der Waals surface area contributed by atoms with Gasteiger partial charge in [-0.3, -0.25) is 0 Å². The zero-order valence-electron chi connectivity index (χ0n) is 10.5. The number of hydrogen-bond acceptors (Lipinski definition) is 4. The molecule has 2 saturated heterocycles. The van der Waals surface area contributed by atoms with Gasteiger partial charge in [-0.25, -0.2) is 8.42 Å². The Morgan fingerprint density at radius 3 is 2.84 bits per heavy atom. The van der Waals surface area contributed by atoms with Crippen molar-refractivity contribution in [2.24, 2.45) is 0 Å². The van der Waals surface area contributed by atoms with Crippen molar-refractivity contribution in [2.45, 2.75) is 42.0 Å². The van der Waals surface area contributed by atoms with Gasteiger partial charge in [0, 0.05) is 23.1 Å². The van der Waals surface area contributed by atoms with Crippen molar-refractivity contribution >= 4 is 37.3 Å². The van der Waals surface area contributed by atoms with Gasteiger partial charge in [-0.15, -0.1) is 11.3 Å². The minimum Gasteiger partial charge on any atom is -0.312 e. The first-order valence-electron chi connectivity index (χ1n) is 6.59. The predicted octanol–water partition coefficient (Wildman–Crippen LogP) is 2.42. The van der Waals surface area contributed by atoms with Gasteiger partial charge in [0.25, 0.3) is 10.0 Å². The van der Waals surface area contributed by atoms with E-state index >= 15 is 0 Å². The lowest BCUT2D eigenvalue weighted by molar-refractivity contribution is 0.322. The molecule has 0 aromatic carbocycles. The maximum atomic E-state index is 12.8. The number of rotatable bonds is 3. The second-order valence-electron chi connectivity index (χ2n) is 5.08. The van der Waals surface area contributed by atoms with Crippen molar-refractivity contribution in [1.29, 1.82) is 0 Å². The molecule has 1 N–H and O–H groups in total. The number of nitrogens with zero attached hydrogens (tertiary/aromatic N) is 1. The van der Waals surface area contributed by atoms with Crippen LogP contribution in [0.5, 0.6) is 0 Å². The molecular weight excluding hydrogens is 348 g/mol. The lowest BCUT2D eigenvalue weighted by Gasteiger charge is -2.28. The van der Waals surface area contributed by atoms with Crippen molar-refractivity contribution < 1.29 is 8.42 Å². The summed E-state index contributed by atoms with van der Waals surface area (Å²) in [5, 5.41) is 5.26. The Bertz CT molecular complexity index is 552. The van der Waals surface area contributed by atoms with Gasteiger partial charge in [0.1, 0.15) is 4.21 Å². The zero-order chi connectivity index (χ0) is 13.5. The van der Waals surface area contributed by atoms with E-state index < -0.39 is 10.0 Å². The smallest absolute Gasteiger partial charge is 0.254 e. The molecular formula is C12H17BrN2O2S2. The Balaban J connectivity index is 1.90. The van der Waals surface area contributed by atoms with Gasteiger partial charge in [-0.05, 0) is 59.6 Å². The minimum absolute atomic E-state index is 0.126. The molecule has 106 valence electrons. The summed E-state index contributed by atoms with van der Waals surface area (Å²) in [6, 6.07) is 2.26. The first-order chi connectivity index (χ1) is 9.10. The highest BCUT2D eigenvalue weighted by Crippen LogP contribution is 2.35. The SMILES string of the molecule is O=S(=O)(c1sccc1Br)N1CCCC1C1CCCN1. The highest BCUT2D eigenvalue weighted by atomic mass is 79.9. The summed E-state index contributed by atoms with van der Waals surface area (Å²) in [6.45, 7) is 1.66. The summed E-state index contributed by atoms with van der Waals surface area (Å²) in [6.07, 6.45) is 4.17. The summed E-state index contributed by atoms with van der Waals surface area (Å²) in [5.41, 5.74) is 0. The van der Waals surface area contributed by atoms with Crippen LogP contribution in [0.4, 0.5) is 0 Å². The Morgan fingerprint density at radius 1 is 1.37 bits per heavy atom. The van der Waals surface area contributed by atoms with Gasteiger partial charge in [-0.2, -0.15) is 4.31 Å². The molecule has 2 fully saturated rings. The van der Waals surface area contributed by atoms with E-state index in [1.54, 1.807) is 10.4 Å². The van der Waals surface area contributed by atoms with Gasteiger partial charge >= 0.3 is 0 Å². The molecule has 1 aromatic heterocycles. The topological polar surface area (TPSA) is 49.4 Å². The van der Waals surface area contributed by atoms with Crippen LogP contribution < -0.4 is 5.32 Å². The average Bonchev–Trinajstić information content (AvgIpc) is 3.09. The molecule has 0 bridgehead atoms. The van der Waals surface area contributed by atoms with Crippen LogP contribution in [-0.4, -0.2) is 37.9 Å². The van der Waals surface area contributed by atoms with Gasteiger partial charge in [-0.1, -0.05) is 0 Å². The van der Waals surface area contributed by atoms with Gasteiger partial charge < -0.3 is 5.32 Å². The highest BCUT2D eigenvalue weighted by molar-refractivity contribution is 9.10. The molecule has 2 atom stereocenters. The summed E-state index contributed by atoms with van der Waals surface area (Å²) in [4.78, 5) is 0. The average molecular weight is 365 g/mol. The third-order valence-corrected chi connectivity index (χ3v) is 8.51. The second kappa shape index (κ2) is 5.44. The van der Waals surface area contributed by atoms with Crippen molar-refractivity contribution in [2.75, 3.05) is 13.1 Å². The molecule has 19 heavy (non-hydrogen) atoms. The van der Waals surface area contributed by atoms with E-state index in [1.165, 1.54) is 11.3 Å². The van der Waals surface area contributed by atoms with Gasteiger partial charge in [0.2, 0.25) is 0 Å². The van der Waals surface area contributed by atoms with E-state index in [1.807, 2.05) is 5.38 Å². The lowest BCUT2D eigenvalue weighted by Crippen LogP contribution is -2.46. The Labute approximate surface area is 126 Å². The second-order valence-corrected chi connectivity index (χ2v) is 8.94. The monoisotopic (exact) mass is 364 g/mol. The van der Waals surface area contributed by atoms with E-state index in [9.17, 15) is 8.42 Å². The Kier molecular flexibility index (Phi) is 4.01. The molecule has 0 radical (unpaired) electrons. The molecule has 3 rings (SSSR count). The summed E-state index contributed by atoms with van der Waals surface area (Å²) in [7, 11) is -3.35. The van der Waals surface area contributed by atoms with E-state index in [0.29, 0.717) is 21.3 Å². The number of halogens is 1. The summed E-state index contributed by atoms with van der Waals surface area (Å²) >= 11 is 4.63. The summed E-state index contributed by atoms with van der Waals surface area (Å²) < 4.78 is 28.4. The normalized spacial score (nSPS) is 29.1. The largest absolute Gasteiger partial charge is 0.312 e. The Hall–Kier alpha value is 0.0500. The van der Waals surface area contributed by atoms with Crippen molar-refractivity contribution in [3.63, 3.8) is 0 Å². The van der Waals surface area contributed by atoms with Gasteiger partial charge in [0.15, 0.2) is 0 Å². The number of sulfonamides is 1.